The summed E-state index contributed by atoms with van der Waals surface area (Å²) in [4.78, 5) is 12.1. The fourth-order valence-corrected chi connectivity index (χ4v) is 3.96. The predicted octanol–water partition coefficient (Wildman–Crippen LogP) is -2.60. The average Bonchev–Trinajstić information content (AvgIpc) is 3.14. The van der Waals surface area contributed by atoms with Crippen molar-refractivity contribution in [2.24, 2.45) is 11.8 Å². The van der Waals surface area contributed by atoms with E-state index in [9.17, 15) is 30.3 Å². The van der Waals surface area contributed by atoms with Gasteiger partial charge in [0.1, 0.15) is 30.0 Å². The summed E-state index contributed by atoms with van der Waals surface area (Å²) in [5.74, 6) is -1.97. The molecule has 3 rings (SSSR count). The Bertz CT molecular complexity index is 656. The summed E-state index contributed by atoms with van der Waals surface area (Å²) in [6.07, 6.45) is -4.17. The van der Waals surface area contributed by atoms with Crippen LogP contribution in [0.15, 0.2) is 24.0 Å². The van der Waals surface area contributed by atoms with Gasteiger partial charge in [-0.15, -0.1) is 0 Å². The van der Waals surface area contributed by atoms with Crippen molar-refractivity contribution in [2.75, 3.05) is 27.4 Å². The van der Waals surface area contributed by atoms with E-state index in [0.717, 1.165) is 6.26 Å². The first-order valence-electron chi connectivity index (χ1n) is 9.08. The zero-order valence-corrected chi connectivity index (χ0v) is 16.0. The first-order chi connectivity index (χ1) is 13.8. The van der Waals surface area contributed by atoms with Crippen LogP contribution in [-0.2, 0) is 28.5 Å². The number of carbonyl (C=O) groups excluding carboxylic acids is 1. The fourth-order valence-electron chi connectivity index (χ4n) is 3.96. The molecule has 0 spiro atoms. The van der Waals surface area contributed by atoms with Crippen molar-refractivity contribution < 1.29 is 54.0 Å². The van der Waals surface area contributed by atoms with Gasteiger partial charge in [0, 0.05) is 13.0 Å². The highest BCUT2D eigenvalue weighted by molar-refractivity contribution is 5.89. The molecular formula is C18H26O11. The summed E-state index contributed by atoms with van der Waals surface area (Å²) in [6, 6.07) is 0. The molecule has 9 atom stereocenters. The molecule has 164 valence electrons. The summed E-state index contributed by atoms with van der Waals surface area (Å²) in [5, 5.41) is 49.4. The molecule has 0 aromatic rings. The molecule has 11 heteroatoms. The Morgan fingerprint density at radius 1 is 1.14 bits per heavy atom. The smallest absolute Gasteiger partial charge is 0.337 e. The zero-order valence-electron chi connectivity index (χ0n) is 16.0. The van der Waals surface area contributed by atoms with Gasteiger partial charge in [-0.25, -0.2) is 4.79 Å². The maximum Gasteiger partial charge on any atom is 0.337 e. The SMILES string of the molecule is COC(=O)C1=COC(OC2OC(CO)C(O)C(O)C2O)C2C1C=CC2(CO)OC. The molecule has 0 aromatic carbocycles. The second kappa shape index (κ2) is 8.66. The number of carbonyl (C=O) groups is 1. The lowest BCUT2D eigenvalue weighted by Gasteiger charge is -2.45. The van der Waals surface area contributed by atoms with Gasteiger partial charge in [-0.2, -0.15) is 0 Å². The van der Waals surface area contributed by atoms with Gasteiger partial charge in [0.15, 0.2) is 6.29 Å². The number of esters is 1. The Labute approximate surface area is 166 Å². The van der Waals surface area contributed by atoms with E-state index in [1.807, 2.05) is 0 Å². The molecule has 29 heavy (non-hydrogen) atoms. The van der Waals surface area contributed by atoms with Crippen LogP contribution in [0.1, 0.15) is 0 Å². The minimum absolute atomic E-state index is 0.190. The van der Waals surface area contributed by atoms with E-state index >= 15 is 0 Å². The molecule has 0 radical (unpaired) electrons. The number of rotatable bonds is 6. The minimum atomic E-state index is -1.64. The van der Waals surface area contributed by atoms with Gasteiger partial charge in [0.05, 0.1) is 38.1 Å². The monoisotopic (exact) mass is 418 g/mol. The third-order valence-electron chi connectivity index (χ3n) is 5.68. The van der Waals surface area contributed by atoms with Crippen molar-refractivity contribution in [2.45, 2.75) is 42.6 Å². The molecule has 0 aromatic heterocycles. The number of ether oxygens (including phenoxy) is 5. The van der Waals surface area contributed by atoms with Gasteiger partial charge < -0.3 is 49.2 Å². The van der Waals surface area contributed by atoms with Crippen molar-refractivity contribution in [1.29, 1.82) is 0 Å². The Kier molecular flexibility index (Phi) is 6.61. The van der Waals surface area contributed by atoms with Crippen molar-refractivity contribution in [3.8, 4) is 0 Å². The number of methoxy groups -OCH3 is 2. The Morgan fingerprint density at radius 2 is 1.86 bits per heavy atom. The maximum absolute atomic E-state index is 12.1. The Balaban J connectivity index is 1.88. The second-order valence-electron chi connectivity index (χ2n) is 7.13. The van der Waals surface area contributed by atoms with E-state index in [0.29, 0.717) is 0 Å². The molecule has 1 aliphatic carbocycles. The van der Waals surface area contributed by atoms with Crippen LogP contribution in [0.5, 0.6) is 0 Å². The van der Waals surface area contributed by atoms with Crippen LogP contribution < -0.4 is 0 Å². The number of aliphatic hydroxyl groups excluding tert-OH is 5. The van der Waals surface area contributed by atoms with Gasteiger partial charge in [-0.1, -0.05) is 12.2 Å². The number of aliphatic hydroxyl groups is 5. The quantitative estimate of drug-likeness (QED) is 0.227. The number of hydrogen-bond donors (Lipinski definition) is 5. The van der Waals surface area contributed by atoms with E-state index in [1.54, 1.807) is 12.2 Å². The molecule has 0 bridgehead atoms. The Hall–Kier alpha value is -1.57. The third kappa shape index (κ3) is 3.68. The number of fused-ring (bicyclic) bond motifs is 1. The molecule has 3 aliphatic rings. The highest BCUT2D eigenvalue weighted by Gasteiger charge is 2.56. The molecule has 0 amide bonds. The first-order valence-corrected chi connectivity index (χ1v) is 9.08. The summed E-state index contributed by atoms with van der Waals surface area (Å²) in [7, 11) is 2.60. The summed E-state index contributed by atoms with van der Waals surface area (Å²) in [5.41, 5.74) is -1.06. The summed E-state index contributed by atoms with van der Waals surface area (Å²) < 4.78 is 26.9. The number of allylic oxidation sites excluding steroid dienone is 1. The lowest BCUT2D eigenvalue weighted by atomic mass is 9.79. The van der Waals surface area contributed by atoms with Gasteiger partial charge in [0.2, 0.25) is 6.29 Å². The second-order valence-corrected chi connectivity index (χ2v) is 7.13. The van der Waals surface area contributed by atoms with E-state index in [2.05, 4.69) is 0 Å². The van der Waals surface area contributed by atoms with E-state index in [4.69, 9.17) is 23.7 Å². The highest BCUT2D eigenvalue weighted by atomic mass is 16.8. The molecule has 0 saturated carbocycles. The lowest BCUT2D eigenvalue weighted by Crippen LogP contribution is -2.61. The largest absolute Gasteiger partial charge is 0.471 e. The van der Waals surface area contributed by atoms with Crippen LogP contribution in [0, 0.1) is 11.8 Å². The third-order valence-corrected chi connectivity index (χ3v) is 5.68. The van der Waals surface area contributed by atoms with Crippen molar-refractivity contribution in [3.63, 3.8) is 0 Å². The van der Waals surface area contributed by atoms with Crippen molar-refractivity contribution in [1.82, 2.24) is 0 Å². The Morgan fingerprint density at radius 3 is 2.45 bits per heavy atom. The molecule has 9 unspecified atom stereocenters. The fraction of sp³-hybridized carbons (Fsp3) is 0.722. The van der Waals surface area contributed by atoms with Gasteiger partial charge in [-0.05, 0) is 0 Å². The summed E-state index contributed by atoms with van der Waals surface area (Å²) in [6.45, 7) is -1.07. The van der Waals surface area contributed by atoms with Crippen molar-refractivity contribution in [3.05, 3.63) is 24.0 Å². The molecule has 2 aliphatic heterocycles. The molecule has 2 heterocycles. The lowest BCUT2D eigenvalue weighted by molar-refractivity contribution is -0.347. The van der Waals surface area contributed by atoms with E-state index in [1.165, 1.54) is 14.2 Å². The zero-order chi connectivity index (χ0) is 21.3. The van der Waals surface area contributed by atoms with Crippen LogP contribution in [0.3, 0.4) is 0 Å². The number of hydrogen-bond acceptors (Lipinski definition) is 11. The van der Waals surface area contributed by atoms with Crippen LogP contribution in [-0.4, -0.2) is 102 Å². The average molecular weight is 418 g/mol. The van der Waals surface area contributed by atoms with Crippen LogP contribution in [0.2, 0.25) is 0 Å². The minimum Gasteiger partial charge on any atom is -0.471 e. The molecule has 11 nitrogen and oxygen atoms in total. The van der Waals surface area contributed by atoms with E-state index in [-0.39, 0.29) is 5.57 Å². The molecular weight excluding hydrogens is 392 g/mol. The summed E-state index contributed by atoms with van der Waals surface area (Å²) >= 11 is 0. The normalized spacial score (nSPS) is 44.0. The maximum atomic E-state index is 12.1. The van der Waals surface area contributed by atoms with E-state index < -0.39 is 73.6 Å². The van der Waals surface area contributed by atoms with Crippen LogP contribution in [0.4, 0.5) is 0 Å². The topological polar surface area (TPSA) is 164 Å². The molecule has 1 saturated heterocycles. The van der Waals surface area contributed by atoms with Crippen LogP contribution in [0.25, 0.3) is 0 Å². The predicted molar refractivity (Wildman–Crippen MR) is 92.8 cm³/mol. The van der Waals surface area contributed by atoms with Gasteiger partial charge >= 0.3 is 5.97 Å². The van der Waals surface area contributed by atoms with Gasteiger partial charge in [-0.3, -0.25) is 0 Å². The van der Waals surface area contributed by atoms with Crippen molar-refractivity contribution >= 4 is 5.97 Å². The first kappa shape index (κ1) is 22.1. The standard InChI is InChI=1S/C18H26O11/c1-25-15(24)9-6-27-16(11-8(9)3-4-18(11,7-20)26-2)29-17-14(23)13(22)12(21)10(5-19)28-17/h3-4,6,8,10-14,16-17,19-23H,5,7H2,1-2H3. The highest BCUT2D eigenvalue weighted by Crippen LogP contribution is 2.47. The van der Waals surface area contributed by atoms with Gasteiger partial charge in [0.25, 0.3) is 0 Å². The molecule has 1 fully saturated rings. The molecule has 5 N–H and O–H groups in total. The van der Waals surface area contributed by atoms with Crippen LogP contribution >= 0.6 is 0 Å².